The lowest BCUT2D eigenvalue weighted by atomic mass is 10.0. The molecule has 0 aromatic heterocycles. The lowest BCUT2D eigenvalue weighted by Crippen LogP contribution is -2.30. The maximum Gasteiger partial charge on any atom is 0.0589 e. The molecule has 21 heavy (non-hydrogen) atoms. The Hall–Kier alpha value is -1.58. The molecule has 0 heterocycles. The van der Waals surface area contributed by atoms with Crippen LogP contribution in [-0.2, 0) is 11.3 Å². The van der Waals surface area contributed by atoms with Gasteiger partial charge in [0.15, 0.2) is 0 Å². The average molecular weight is 286 g/mol. The van der Waals surface area contributed by atoms with E-state index >= 15 is 0 Å². The zero-order chi connectivity index (χ0) is 15.2. The van der Waals surface area contributed by atoms with Gasteiger partial charge in [-0.1, -0.05) is 38.1 Å². The minimum atomic E-state index is 0.628. The van der Waals surface area contributed by atoms with E-state index in [0.717, 1.165) is 31.9 Å². The van der Waals surface area contributed by atoms with Crippen LogP contribution < -0.4 is 5.73 Å². The van der Waals surface area contributed by atoms with E-state index in [2.05, 4.69) is 49.1 Å². The number of hydrogen-bond donors (Lipinski definition) is 1. The number of hydrogen-bond acceptors (Lipinski definition) is 3. The van der Waals surface area contributed by atoms with E-state index in [0.29, 0.717) is 5.92 Å². The first-order chi connectivity index (χ1) is 10.1. The van der Waals surface area contributed by atoms with Gasteiger partial charge in [-0.2, -0.15) is 0 Å². The van der Waals surface area contributed by atoms with Crippen molar-refractivity contribution < 1.29 is 4.74 Å². The number of rotatable bonds is 7. The second-order valence-corrected chi connectivity index (χ2v) is 6.02. The Morgan fingerprint density at radius 3 is 2.43 bits per heavy atom. The minimum Gasteiger partial charge on any atom is -0.398 e. The number of benzene rings is 2. The second-order valence-electron chi connectivity index (χ2n) is 6.02. The largest absolute Gasteiger partial charge is 0.398 e. The summed E-state index contributed by atoms with van der Waals surface area (Å²) in [7, 11) is 1.75. The van der Waals surface area contributed by atoms with Crippen molar-refractivity contribution in [3.63, 3.8) is 0 Å². The molecule has 2 N–H and O–H groups in total. The van der Waals surface area contributed by atoms with Gasteiger partial charge in [0, 0.05) is 32.4 Å². The van der Waals surface area contributed by atoms with Gasteiger partial charge in [0.2, 0.25) is 0 Å². The van der Waals surface area contributed by atoms with E-state index < -0.39 is 0 Å². The molecule has 0 fully saturated rings. The summed E-state index contributed by atoms with van der Waals surface area (Å²) in [6.07, 6.45) is 0. The van der Waals surface area contributed by atoms with Crippen LogP contribution in [-0.4, -0.2) is 31.7 Å². The SMILES string of the molecule is COCCN(Cc1cc2ccccc2cc1N)CC(C)C. The first kappa shape index (κ1) is 15.8. The molecule has 0 spiro atoms. The Bertz CT molecular complexity index is 580. The van der Waals surface area contributed by atoms with Crippen LogP contribution in [0.2, 0.25) is 0 Å². The van der Waals surface area contributed by atoms with Crippen molar-refractivity contribution in [2.45, 2.75) is 20.4 Å². The second kappa shape index (κ2) is 7.43. The fourth-order valence-corrected chi connectivity index (χ4v) is 2.65. The van der Waals surface area contributed by atoms with Crippen LogP contribution in [0.4, 0.5) is 5.69 Å². The van der Waals surface area contributed by atoms with Gasteiger partial charge in [0.05, 0.1) is 6.61 Å². The van der Waals surface area contributed by atoms with Crippen LogP contribution in [0.25, 0.3) is 10.8 Å². The Morgan fingerprint density at radius 2 is 1.81 bits per heavy atom. The number of nitrogen functional groups attached to an aromatic ring is 1. The summed E-state index contributed by atoms with van der Waals surface area (Å²) < 4.78 is 5.22. The average Bonchev–Trinajstić information content (AvgIpc) is 2.45. The van der Waals surface area contributed by atoms with Crippen LogP contribution in [0.15, 0.2) is 36.4 Å². The van der Waals surface area contributed by atoms with E-state index in [1.807, 2.05) is 6.07 Å². The molecule has 114 valence electrons. The highest BCUT2D eigenvalue weighted by Crippen LogP contribution is 2.23. The van der Waals surface area contributed by atoms with Gasteiger partial charge in [-0.3, -0.25) is 4.90 Å². The third-order valence-electron chi connectivity index (χ3n) is 3.64. The summed E-state index contributed by atoms with van der Waals surface area (Å²) in [6.45, 7) is 8.09. The summed E-state index contributed by atoms with van der Waals surface area (Å²) >= 11 is 0. The normalized spacial score (nSPS) is 11.7. The molecular formula is C18H26N2O. The number of fused-ring (bicyclic) bond motifs is 1. The summed E-state index contributed by atoms with van der Waals surface area (Å²) in [5, 5.41) is 2.45. The van der Waals surface area contributed by atoms with Gasteiger partial charge in [-0.15, -0.1) is 0 Å². The predicted molar refractivity (Wildman–Crippen MR) is 90.4 cm³/mol. The maximum absolute atomic E-state index is 6.24. The quantitative estimate of drug-likeness (QED) is 0.791. The molecule has 3 nitrogen and oxygen atoms in total. The molecule has 0 atom stereocenters. The van der Waals surface area contributed by atoms with Gasteiger partial charge in [0.1, 0.15) is 0 Å². The zero-order valence-corrected chi connectivity index (χ0v) is 13.3. The van der Waals surface area contributed by atoms with Crippen LogP contribution in [0.1, 0.15) is 19.4 Å². The Labute approximate surface area is 127 Å². The number of anilines is 1. The lowest BCUT2D eigenvalue weighted by Gasteiger charge is -2.25. The number of nitrogens with two attached hydrogens (primary N) is 1. The molecule has 3 heteroatoms. The number of nitrogens with zero attached hydrogens (tertiary/aromatic N) is 1. The van der Waals surface area contributed by atoms with E-state index in [9.17, 15) is 0 Å². The van der Waals surface area contributed by atoms with Crippen LogP contribution >= 0.6 is 0 Å². The van der Waals surface area contributed by atoms with E-state index in [1.54, 1.807) is 7.11 Å². The molecular weight excluding hydrogens is 260 g/mol. The van der Waals surface area contributed by atoms with Gasteiger partial charge >= 0.3 is 0 Å². The molecule has 0 amide bonds. The number of ether oxygens (including phenoxy) is 1. The van der Waals surface area contributed by atoms with E-state index in [4.69, 9.17) is 10.5 Å². The first-order valence-electron chi connectivity index (χ1n) is 7.58. The topological polar surface area (TPSA) is 38.5 Å². The highest BCUT2D eigenvalue weighted by atomic mass is 16.5. The molecule has 0 bridgehead atoms. The summed E-state index contributed by atoms with van der Waals surface area (Å²) in [5.41, 5.74) is 8.31. The molecule has 0 saturated heterocycles. The van der Waals surface area contributed by atoms with Crippen molar-refractivity contribution in [3.05, 3.63) is 42.0 Å². The standard InChI is InChI=1S/C18H26N2O/c1-14(2)12-20(8-9-21-3)13-17-10-15-6-4-5-7-16(15)11-18(17)19/h4-7,10-11,14H,8-9,12-13,19H2,1-3H3. The first-order valence-corrected chi connectivity index (χ1v) is 7.58. The van der Waals surface area contributed by atoms with Crippen molar-refractivity contribution in [3.8, 4) is 0 Å². The van der Waals surface area contributed by atoms with Crippen LogP contribution in [0.5, 0.6) is 0 Å². The van der Waals surface area contributed by atoms with Crippen LogP contribution in [0, 0.1) is 5.92 Å². The summed E-state index contributed by atoms with van der Waals surface area (Å²) in [4.78, 5) is 2.41. The van der Waals surface area contributed by atoms with Gasteiger partial charge < -0.3 is 10.5 Å². The maximum atomic E-state index is 6.24. The van der Waals surface area contributed by atoms with Crippen LogP contribution in [0.3, 0.4) is 0 Å². The zero-order valence-electron chi connectivity index (χ0n) is 13.3. The van der Waals surface area contributed by atoms with Gasteiger partial charge in [0.25, 0.3) is 0 Å². The molecule has 2 aromatic carbocycles. The molecule has 0 unspecified atom stereocenters. The van der Waals surface area contributed by atoms with Crippen molar-refractivity contribution >= 4 is 16.5 Å². The molecule has 0 aliphatic rings. The molecule has 0 aliphatic carbocycles. The Morgan fingerprint density at radius 1 is 1.14 bits per heavy atom. The fourth-order valence-electron chi connectivity index (χ4n) is 2.65. The van der Waals surface area contributed by atoms with Gasteiger partial charge in [-0.25, -0.2) is 0 Å². The predicted octanol–water partition coefficient (Wildman–Crippen LogP) is 3.53. The third kappa shape index (κ3) is 4.45. The summed E-state index contributed by atoms with van der Waals surface area (Å²) in [5.74, 6) is 0.628. The fraction of sp³-hybridized carbons (Fsp3) is 0.444. The highest BCUT2D eigenvalue weighted by molar-refractivity contribution is 5.86. The van der Waals surface area contributed by atoms with Crippen molar-refractivity contribution in [2.24, 2.45) is 5.92 Å². The summed E-state index contributed by atoms with van der Waals surface area (Å²) in [6, 6.07) is 12.6. The number of methoxy groups -OCH3 is 1. The lowest BCUT2D eigenvalue weighted by molar-refractivity contribution is 0.136. The van der Waals surface area contributed by atoms with E-state index in [-0.39, 0.29) is 0 Å². The van der Waals surface area contributed by atoms with Crippen molar-refractivity contribution in [2.75, 3.05) is 32.5 Å². The smallest absolute Gasteiger partial charge is 0.0589 e. The Kier molecular flexibility index (Phi) is 5.59. The Balaban J connectivity index is 2.20. The van der Waals surface area contributed by atoms with Gasteiger partial charge in [-0.05, 0) is 34.4 Å². The monoisotopic (exact) mass is 286 g/mol. The molecule has 2 rings (SSSR count). The van der Waals surface area contributed by atoms with Crippen molar-refractivity contribution in [1.29, 1.82) is 0 Å². The van der Waals surface area contributed by atoms with Crippen molar-refractivity contribution in [1.82, 2.24) is 4.90 Å². The molecule has 0 aliphatic heterocycles. The van der Waals surface area contributed by atoms with E-state index in [1.165, 1.54) is 16.3 Å². The minimum absolute atomic E-state index is 0.628. The molecule has 0 radical (unpaired) electrons. The highest BCUT2D eigenvalue weighted by Gasteiger charge is 2.11. The third-order valence-corrected chi connectivity index (χ3v) is 3.64. The molecule has 2 aromatic rings. The molecule has 0 saturated carbocycles.